The maximum absolute atomic E-state index is 6.20. The summed E-state index contributed by atoms with van der Waals surface area (Å²) < 4.78 is 5.27. The predicted octanol–water partition coefficient (Wildman–Crippen LogP) is 2.58. The summed E-state index contributed by atoms with van der Waals surface area (Å²) in [5.41, 5.74) is 2.42. The Morgan fingerprint density at radius 1 is 1.36 bits per heavy atom. The first-order chi connectivity index (χ1) is 12.7. The average molecular weight is 464 g/mol. The molecule has 9 heteroatoms. The molecule has 4 heterocycles. The number of hydrogen-bond donors (Lipinski definition) is 2. The van der Waals surface area contributed by atoms with Crippen LogP contribution >= 0.6 is 47.8 Å². The Labute approximate surface area is 186 Å². The van der Waals surface area contributed by atoms with Gasteiger partial charge in [0, 0.05) is 67.4 Å². The van der Waals surface area contributed by atoms with Gasteiger partial charge in [-0.3, -0.25) is 4.98 Å². The second kappa shape index (κ2) is 10.1. The van der Waals surface area contributed by atoms with Crippen LogP contribution in [0.25, 0.3) is 11.9 Å². The van der Waals surface area contributed by atoms with E-state index in [1.54, 1.807) is 24.6 Å². The van der Waals surface area contributed by atoms with E-state index in [2.05, 4.69) is 28.5 Å². The van der Waals surface area contributed by atoms with Crippen LogP contribution in [0.15, 0.2) is 18.3 Å². The topological polar surface area (TPSA) is 49.4 Å². The van der Waals surface area contributed by atoms with E-state index in [1.165, 1.54) is 21.1 Å². The largest absolute Gasteiger partial charge is 0.385 e. The molecule has 0 saturated carbocycles. The van der Waals surface area contributed by atoms with Crippen LogP contribution < -0.4 is 21.2 Å². The Bertz CT molecular complexity index is 934. The van der Waals surface area contributed by atoms with Crippen LogP contribution in [0.3, 0.4) is 0 Å². The summed E-state index contributed by atoms with van der Waals surface area (Å²) in [6.07, 6.45) is 4.75. The number of nitrogens with one attached hydrogen (secondary N) is 2. The van der Waals surface area contributed by atoms with E-state index in [4.69, 9.17) is 21.3 Å². The Morgan fingerprint density at radius 2 is 2.18 bits per heavy atom. The minimum atomic E-state index is 0. The Balaban J connectivity index is 0.00000140. The zero-order valence-corrected chi connectivity index (χ0v) is 19.0. The molecule has 2 N–H and O–H groups in total. The summed E-state index contributed by atoms with van der Waals surface area (Å²) in [5.74, 6) is 0. The van der Waals surface area contributed by atoms with E-state index in [1.807, 2.05) is 12.3 Å². The van der Waals surface area contributed by atoms with Crippen molar-refractivity contribution in [3.8, 4) is 0 Å². The van der Waals surface area contributed by atoms with Crippen LogP contribution in [0.4, 0.5) is 5.00 Å². The smallest absolute Gasteiger partial charge is 0.102 e. The van der Waals surface area contributed by atoms with Crippen LogP contribution in [0.2, 0.25) is 5.02 Å². The molecule has 2 aromatic heterocycles. The predicted molar refractivity (Wildman–Crippen MR) is 123 cm³/mol. The van der Waals surface area contributed by atoms with Gasteiger partial charge in [-0.1, -0.05) is 11.6 Å². The number of aromatic nitrogens is 1. The van der Waals surface area contributed by atoms with Gasteiger partial charge < -0.3 is 20.3 Å². The number of anilines is 1. The third-order valence-electron chi connectivity index (χ3n) is 4.82. The Kier molecular flexibility index (Phi) is 8.43. The van der Waals surface area contributed by atoms with Crippen LogP contribution in [-0.4, -0.2) is 49.3 Å². The van der Waals surface area contributed by atoms with Gasteiger partial charge in [-0.25, -0.2) is 0 Å². The number of ether oxygens (including phenoxy) is 1. The molecule has 0 amide bonds. The fourth-order valence-corrected chi connectivity index (χ4v) is 4.68. The second-order valence-corrected chi connectivity index (χ2v) is 8.40. The molecular weight excluding hydrogens is 439 g/mol. The molecule has 0 aliphatic carbocycles. The van der Waals surface area contributed by atoms with Crippen LogP contribution in [0.5, 0.6) is 0 Å². The number of hydrogen-bond acceptors (Lipinski definition) is 6. The van der Waals surface area contributed by atoms with Crippen molar-refractivity contribution in [3.05, 3.63) is 44.4 Å². The van der Waals surface area contributed by atoms with Crippen molar-refractivity contribution in [2.75, 3.05) is 38.7 Å². The van der Waals surface area contributed by atoms with E-state index in [0.717, 1.165) is 43.2 Å². The minimum Gasteiger partial charge on any atom is -0.385 e. The molecule has 154 valence electrons. The van der Waals surface area contributed by atoms with Crippen LogP contribution in [0.1, 0.15) is 16.9 Å². The lowest BCUT2D eigenvalue weighted by Gasteiger charge is -2.36. The molecule has 2 aromatic rings. The van der Waals surface area contributed by atoms with Gasteiger partial charge >= 0.3 is 0 Å². The summed E-state index contributed by atoms with van der Waals surface area (Å²) in [6.45, 7) is 5.77. The normalized spacial score (nSPS) is 17.9. The average Bonchev–Trinajstić information content (AvgIpc) is 2.93. The molecule has 0 spiro atoms. The Morgan fingerprint density at radius 3 is 2.96 bits per heavy atom. The molecule has 0 aromatic carbocycles. The summed E-state index contributed by atoms with van der Waals surface area (Å²) in [6, 6.07) is 4.65. The maximum Gasteiger partial charge on any atom is 0.102 e. The number of rotatable bonds is 4. The van der Waals surface area contributed by atoms with E-state index >= 15 is 0 Å². The fourth-order valence-electron chi connectivity index (χ4n) is 3.63. The Hall–Kier alpha value is -1.02. The zero-order chi connectivity index (χ0) is 18.1. The molecule has 5 nitrogen and oxygen atoms in total. The van der Waals surface area contributed by atoms with Crippen LogP contribution in [-0.2, 0) is 4.74 Å². The molecular formula is C19H25Cl3N4OS. The summed E-state index contributed by atoms with van der Waals surface area (Å²) in [7, 11) is 1.76. The quantitative estimate of drug-likeness (QED) is 0.730. The van der Waals surface area contributed by atoms with Gasteiger partial charge in [-0.15, -0.1) is 36.2 Å². The molecule has 28 heavy (non-hydrogen) atoms. The molecule has 1 fully saturated rings. The minimum absolute atomic E-state index is 0. The lowest BCUT2D eigenvalue weighted by molar-refractivity contribution is 0.166. The standard InChI is InChI=1S/C19H23ClN4OS.2ClH/c1-12-7-16-18(24-5-4-21-15(11-24)3-6-25-2)17-13(8-14(20)10-22-17)9-23-19(16)26-12;;/h7-10,15,21,23H,3-6,11H2,1-2H3;2*1H. The van der Waals surface area contributed by atoms with Crippen molar-refractivity contribution in [3.63, 3.8) is 0 Å². The zero-order valence-electron chi connectivity index (χ0n) is 15.8. The van der Waals surface area contributed by atoms with E-state index in [0.29, 0.717) is 11.1 Å². The second-order valence-electron chi connectivity index (χ2n) is 6.71. The van der Waals surface area contributed by atoms with Gasteiger partial charge in [0.25, 0.3) is 0 Å². The van der Waals surface area contributed by atoms with Gasteiger partial charge in [-0.05, 0) is 25.5 Å². The summed E-state index contributed by atoms with van der Waals surface area (Å²) in [5, 5.41) is 10.9. The first-order valence-electron chi connectivity index (χ1n) is 8.86. The lowest BCUT2D eigenvalue weighted by atomic mass is 10.1. The highest BCUT2D eigenvalue weighted by molar-refractivity contribution is 7.16. The van der Waals surface area contributed by atoms with Crippen molar-refractivity contribution in [2.24, 2.45) is 0 Å². The van der Waals surface area contributed by atoms with Gasteiger partial charge in [0.05, 0.1) is 16.1 Å². The van der Waals surface area contributed by atoms with Gasteiger partial charge in [0.15, 0.2) is 0 Å². The van der Waals surface area contributed by atoms with Gasteiger partial charge in [0.2, 0.25) is 0 Å². The molecule has 1 atom stereocenters. The molecule has 0 radical (unpaired) electrons. The third kappa shape index (κ3) is 4.75. The number of piperazine rings is 1. The number of methoxy groups -OCH3 is 1. The molecule has 1 saturated heterocycles. The lowest BCUT2D eigenvalue weighted by Crippen LogP contribution is -2.52. The number of aryl methyl sites for hydroxylation is 1. The molecule has 1 unspecified atom stereocenters. The number of pyridine rings is 1. The van der Waals surface area contributed by atoms with E-state index < -0.39 is 0 Å². The van der Waals surface area contributed by atoms with E-state index in [-0.39, 0.29) is 24.8 Å². The third-order valence-corrected chi connectivity index (χ3v) is 6.01. The first-order valence-corrected chi connectivity index (χ1v) is 10.1. The van der Waals surface area contributed by atoms with Crippen molar-refractivity contribution in [1.29, 1.82) is 0 Å². The van der Waals surface area contributed by atoms with Gasteiger partial charge in [-0.2, -0.15) is 0 Å². The maximum atomic E-state index is 6.20. The van der Waals surface area contributed by atoms with Crippen molar-refractivity contribution < 1.29 is 4.74 Å². The summed E-state index contributed by atoms with van der Waals surface area (Å²) in [4.78, 5) is 8.46. The molecule has 0 bridgehead atoms. The number of fused-ring (bicyclic) bond motifs is 2. The SMILES string of the molecule is COCCC1CN(C2=c3ncc(Cl)cc3=CNc3sc(C)cc32)CCN1.Cl.Cl. The molecule has 2 aliphatic heterocycles. The number of thiophene rings is 1. The highest BCUT2D eigenvalue weighted by Crippen LogP contribution is 2.34. The number of nitrogens with zero attached hydrogens (tertiary/aromatic N) is 2. The van der Waals surface area contributed by atoms with Gasteiger partial charge in [0.1, 0.15) is 5.00 Å². The number of halogens is 3. The van der Waals surface area contributed by atoms with Crippen LogP contribution in [0, 0.1) is 6.92 Å². The fraction of sp³-hybridized carbons (Fsp3) is 0.421. The van der Waals surface area contributed by atoms with Crippen molar-refractivity contribution in [1.82, 2.24) is 15.2 Å². The van der Waals surface area contributed by atoms with Crippen molar-refractivity contribution in [2.45, 2.75) is 19.4 Å². The highest BCUT2D eigenvalue weighted by Gasteiger charge is 2.26. The molecule has 4 rings (SSSR count). The van der Waals surface area contributed by atoms with E-state index in [9.17, 15) is 0 Å². The van der Waals surface area contributed by atoms with Crippen molar-refractivity contribution >= 4 is 64.6 Å². The monoisotopic (exact) mass is 462 g/mol. The summed E-state index contributed by atoms with van der Waals surface area (Å²) >= 11 is 7.97. The highest BCUT2D eigenvalue weighted by atomic mass is 35.5. The first kappa shape index (κ1) is 23.3. The molecule has 2 aliphatic rings.